The lowest BCUT2D eigenvalue weighted by Gasteiger charge is -2.31. The molecule has 0 radical (unpaired) electrons. The molecule has 4 nitrogen and oxygen atoms in total. The third-order valence-electron chi connectivity index (χ3n) is 6.64. The topological polar surface area (TPSA) is 44.8 Å². The van der Waals surface area contributed by atoms with E-state index in [0.29, 0.717) is 16.0 Å². The molecule has 0 spiro atoms. The van der Waals surface area contributed by atoms with Crippen molar-refractivity contribution >= 4 is 23.2 Å². The third kappa shape index (κ3) is 5.35. The Morgan fingerprint density at radius 3 is 2.38 bits per heavy atom. The SMILES string of the molecule is Clc1ccc(-c2nc(C3CCN(CCCc4ccccc4)CC3)[nH]c2-c2ccncc2)cc1Cl. The fourth-order valence-corrected chi connectivity index (χ4v) is 5.04. The fourth-order valence-electron chi connectivity index (χ4n) is 4.75. The smallest absolute Gasteiger partial charge is 0.110 e. The number of nitrogens with one attached hydrogen (secondary N) is 1. The Labute approximate surface area is 211 Å². The van der Waals surface area contributed by atoms with Crippen LogP contribution < -0.4 is 0 Å². The number of aromatic amines is 1. The van der Waals surface area contributed by atoms with Gasteiger partial charge >= 0.3 is 0 Å². The highest BCUT2D eigenvalue weighted by atomic mass is 35.5. The summed E-state index contributed by atoms with van der Waals surface area (Å²) in [7, 11) is 0. The molecule has 174 valence electrons. The number of halogens is 2. The molecule has 4 aromatic rings. The maximum absolute atomic E-state index is 6.33. The van der Waals surface area contributed by atoms with Gasteiger partial charge in [0.15, 0.2) is 0 Å². The average molecular weight is 491 g/mol. The Kier molecular flexibility index (Phi) is 7.29. The summed E-state index contributed by atoms with van der Waals surface area (Å²) in [6.07, 6.45) is 8.17. The third-order valence-corrected chi connectivity index (χ3v) is 7.38. The van der Waals surface area contributed by atoms with Crippen LogP contribution in [0.1, 0.15) is 36.6 Å². The van der Waals surface area contributed by atoms with E-state index >= 15 is 0 Å². The number of benzene rings is 2. The van der Waals surface area contributed by atoms with Crippen LogP contribution >= 0.6 is 23.2 Å². The fraction of sp³-hybridized carbons (Fsp3) is 0.286. The Balaban J connectivity index is 1.29. The van der Waals surface area contributed by atoms with Crippen LogP contribution in [-0.2, 0) is 6.42 Å². The molecular formula is C28H28Cl2N4. The Hall–Kier alpha value is -2.66. The summed E-state index contributed by atoms with van der Waals surface area (Å²) >= 11 is 12.5. The van der Waals surface area contributed by atoms with Crippen molar-refractivity contribution in [2.75, 3.05) is 19.6 Å². The van der Waals surface area contributed by atoms with Crippen LogP contribution in [0.5, 0.6) is 0 Å². The zero-order valence-corrected chi connectivity index (χ0v) is 20.6. The highest BCUT2D eigenvalue weighted by molar-refractivity contribution is 6.42. The molecule has 5 rings (SSSR count). The van der Waals surface area contributed by atoms with E-state index in [4.69, 9.17) is 28.2 Å². The summed E-state index contributed by atoms with van der Waals surface area (Å²) < 4.78 is 0. The average Bonchev–Trinajstić information content (AvgIpc) is 3.33. The Morgan fingerprint density at radius 2 is 1.65 bits per heavy atom. The lowest BCUT2D eigenvalue weighted by molar-refractivity contribution is 0.207. The van der Waals surface area contributed by atoms with Gasteiger partial charge in [0, 0.05) is 29.4 Å². The van der Waals surface area contributed by atoms with E-state index in [2.05, 4.69) is 45.2 Å². The molecule has 3 heterocycles. The van der Waals surface area contributed by atoms with Crippen molar-refractivity contribution in [3.63, 3.8) is 0 Å². The quantitative estimate of drug-likeness (QED) is 0.296. The molecule has 0 amide bonds. The number of H-pyrrole nitrogens is 1. The van der Waals surface area contributed by atoms with Crippen LogP contribution in [-0.4, -0.2) is 39.5 Å². The number of imidazole rings is 1. The van der Waals surface area contributed by atoms with E-state index in [-0.39, 0.29) is 0 Å². The van der Waals surface area contributed by atoms with Gasteiger partial charge in [0.1, 0.15) is 5.82 Å². The number of nitrogens with zero attached hydrogens (tertiary/aromatic N) is 3. The van der Waals surface area contributed by atoms with Gasteiger partial charge in [-0.3, -0.25) is 4.98 Å². The van der Waals surface area contributed by atoms with E-state index in [9.17, 15) is 0 Å². The maximum Gasteiger partial charge on any atom is 0.110 e. The highest BCUT2D eigenvalue weighted by Crippen LogP contribution is 2.36. The monoisotopic (exact) mass is 490 g/mol. The number of hydrogen-bond acceptors (Lipinski definition) is 3. The minimum absolute atomic E-state index is 0.419. The molecule has 2 aromatic carbocycles. The van der Waals surface area contributed by atoms with E-state index in [1.165, 1.54) is 12.0 Å². The summed E-state index contributed by atoms with van der Waals surface area (Å²) in [5, 5.41) is 1.08. The van der Waals surface area contributed by atoms with Gasteiger partial charge < -0.3 is 9.88 Å². The normalized spacial score (nSPS) is 15.0. The first-order valence-electron chi connectivity index (χ1n) is 11.9. The summed E-state index contributed by atoms with van der Waals surface area (Å²) in [6.45, 7) is 3.36. The van der Waals surface area contributed by atoms with Crippen LogP contribution in [0.15, 0.2) is 73.1 Å². The second kappa shape index (κ2) is 10.7. The van der Waals surface area contributed by atoms with E-state index in [0.717, 1.165) is 67.2 Å². The molecular weight excluding hydrogens is 463 g/mol. The second-order valence-electron chi connectivity index (χ2n) is 8.92. The standard InChI is InChI=1S/C28H28Cl2N4/c29-24-9-8-23(19-25(24)30)27-26(21-10-14-31-15-11-21)32-28(33-27)22-12-17-34(18-13-22)16-4-7-20-5-2-1-3-6-20/h1-3,5-6,8-11,14-15,19,22H,4,7,12-13,16-18H2,(H,32,33). The van der Waals surface area contributed by atoms with E-state index in [1.54, 1.807) is 0 Å². The van der Waals surface area contributed by atoms with Gasteiger partial charge in [-0.2, -0.15) is 0 Å². The lowest BCUT2D eigenvalue weighted by Crippen LogP contribution is -2.34. The second-order valence-corrected chi connectivity index (χ2v) is 9.73. The predicted molar refractivity (Wildman–Crippen MR) is 140 cm³/mol. The van der Waals surface area contributed by atoms with Gasteiger partial charge in [0.25, 0.3) is 0 Å². The molecule has 1 aliphatic heterocycles. The van der Waals surface area contributed by atoms with Crippen LogP contribution in [0, 0.1) is 0 Å². The van der Waals surface area contributed by atoms with E-state index < -0.39 is 0 Å². The lowest BCUT2D eigenvalue weighted by atomic mass is 9.96. The van der Waals surface area contributed by atoms with Gasteiger partial charge in [0.2, 0.25) is 0 Å². The first-order valence-corrected chi connectivity index (χ1v) is 12.6. The first-order chi connectivity index (χ1) is 16.7. The van der Waals surface area contributed by atoms with Gasteiger partial charge in [-0.15, -0.1) is 0 Å². The van der Waals surface area contributed by atoms with Crippen molar-refractivity contribution in [3.8, 4) is 22.5 Å². The van der Waals surface area contributed by atoms with Crippen molar-refractivity contribution in [1.29, 1.82) is 0 Å². The molecule has 0 saturated carbocycles. The summed E-state index contributed by atoms with van der Waals surface area (Å²) in [5.41, 5.74) is 5.35. The van der Waals surface area contributed by atoms with Gasteiger partial charge in [0.05, 0.1) is 21.4 Å². The van der Waals surface area contributed by atoms with Gasteiger partial charge in [-0.1, -0.05) is 59.6 Å². The number of piperidine rings is 1. The minimum Gasteiger partial charge on any atom is -0.341 e. The first kappa shape index (κ1) is 23.1. The highest BCUT2D eigenvalue weighted by Gasteiger charge is 2.25. The molecule has 1 fully saturated rings. The van der Waals surface area contributed by atoms with Crippen molar-refractivity contribution in [2.24, 2.45) is 0 Å². The summed E-state index contributed by atoms with van der Waals surface area (Å²) in [5.74, 6) is 1.47. The van der Waals surface area contributed by atoms with E-state index in [1.807, 2.05) is 42.7 Å². The number of likely N-dealkylation sites (tertiary alicyclic amines) is 1. The van der Waals surface area contributed by atoms with Crippen molar-refractivity contribution in [1.82, 2.24) is 19.9 Å². The molecule has 34 heavy (non-hydrogen) atoms. The van der Waals surface area contributed by atoms with Gasteiger partial charge in [-0.25, -0.2) is 4.98 Å². The van der Waals surface area contributed by atoms with Crippen LogP contribution in [0.4, 0.5) is 0 Å². The van der Waals surface area contributed by atoms with Crippen LogP contribution in [0.25, 0.3) is 22.5 Å². The molecule has 0 atom stereocenters. The molecule has 0 aliphatic carbocycles. The summed E-state index contributed by atoms with van der Waals surface area (Å²) in [6, 6.07) is 20.5. The zero-order chi connectivity index (χ0) is 23.3. The van der Waals surface area contributed by atoms with Crippen LogP contribution in [0.2, 0.25) is 10.0 Å². The number of aryl methyl sites for hydroxylation is 1. The van der Waals surface area contributed by atoms with Crippen molar-refractivity contribution < 1.29 is 0 Å². The molecule has 6 heteroatoms. The van der Waals surface area contributed by atoms with Crippen molar-refractivity contribution in [2.45, 2.75) is 31.6 Å². The van der Waals surface area contributed by atoms with Gasteiger partial charge in [-0.05, 0) is 75.1 Å². The predicted octanol–water partition coefficient (Wildman–Crippen LogP) is 7.26. The zero-order valence-electron chi connectivity index (χ0n) is 19.1. The largest absolute Gasteiger partial charge is 0.341 e. The molecule has 1 N–H and O–H groups in total. The molecule has 1 saturated heterocycles. The molecule has 0 unspecified atom stereocenters. The number of aromatic nitrogens is 3. The Morgan fingerprint density at radius 1 is 0.882 bits per heavy atom. The maximum atomic E-state index is 6.33. The molecule has 1 aliphatic rings. The minimum atomic E-state index is 0.419. The summed E-state index contributed by atoms with van der Waals surface area (Å²) in [4.78, 5) is 15.5. The van der Waals surface area contributed by atoms with Crippen LogP contribution in [0.3, 0.4) is 0 Å². The number of rotatable bonds is 7. The van der Waals surface area contributed by atoms with Crippen molar-refractivity contribution in [3.05, 3.63) is 94.5 Å². The molecule has 2 aromatic heterocycles. The number of pyridine rings is 1. The number of hydrogen-bond donors (Lipinski definition) is 1. The molecule has 0 bridgehead atoms. The Bertz CT molecular complexity index is 1220.